The first-order valence-corrected chi connectivity index (χ1v) is 16.1. The van der Waals surface area contributed by atoms with Crippen LogP contribution in [0.5, 0.6) is 5.75 Å². The van der Waals surface area contributed by atoms with E-state index in [0.717, 1.165) is 24.8 Å². The highest BCUT2D eigenvalue weighted by Gasteiger charge is 2.31. The molecule has 0 aromatic heterocycles. The largest absolute Gasteiger partial charge is 0.490 e. The van der Waals surface area contributed by atoms with E-state index in [9.17, 15) is 19.5 Å². The van der Waals surface area contributed by atoms with Crippen LogP contribution in [0.15, 0.2) is 78.9 Å². The first kappa shape index (κ1) is 34.7. The number of hydrogen-bond acceptors (Lipinski definition) is 6. The van der Waals surface area contributed by atoms with Crippen molar-refractivity contribution in [3.63, 3.8) is 0 Å². The molecule has 0 saturated carbocycles. The minimum Gasteiger partial charge on any atom is -0.490 e. The summed E-state index contributed by atoms with van der Waals surface area (Å²) in [7, 11) is 1.76. The maximum Gasteiger partial charge on any atom is 0.258 e. The van der Waals surface area contributed by atoms with Gasteiger partial charge in [0.15, 0.2) is 0 Å². The lowest BCUT2D eigenvalue weighted by atomic mass is 10.0. The van der Waals surface area contributed by atoms with Gasteiger partial charge in [0, 0.05) is 43.9 Å². The number of carbonyl (C=O) groups excluding carboxylic acids is 3. The first-order chi connectivity index (χ1) is 22.2. The van der Waals surface area contributed by atoms with Crippen molar-refractivity contribution < 1.29 is 29.0 Å². The third-order valence-electron chi connectivity index (χ3n) is 8.36. The number of benzene rings is 3. The molecule has 4 rings (SSSR count). The average Bonchev–Trinajstić information content (AvgIpc) is 3.06. The van der Waals surface area contributed by atoms with Crippen LogP contribution in [-0.2, 0) is 16.0 Å². The molecule has 46 heavy (non-hydrogen) atoms. The average molecular weight is 630 g/mol. The van der Waals surface area contributed by atoms with Gasteiger partial charge >= 0.3 is 0 Å². The summed E-state index contributed by atoms with van der Waals surface area (Å²) >= 11 is 0. The molecule has 4 atom stereocenters. The number of ether oxygens (including phenoxy) is 2. The first-order valence-electron chi connectivity index (χ1n) is 16.1. The maximum absolute atomic E-state index is 14.3. The number of nitrogens with zero attached hydrogens (tertiary/aromatic N) is 2. The molecule has 1 aliphatic heterocycles. The van der Waals surface area contributed by atoms with Gasteiger partial charge in [-0.15, -0.1) is 0 Å². The minimum absolute atomic E-state index is 0.103. The number of anilines is 1. The summed E-state index contributed by atoms with van der Waals surface area (Å²) in [6.45, 7) is 6.67. The van der Waals surface area contributed by atoms with E-state index in [0.29, 0.717) is 35.7 Å². The Kier molecular flexibility index (Phi) is 12.7. The Morgan fingerprint density at radius 3 is 2.41 bits per heavy atom. The molecule has 0 radical (unpaired) electrons. The molecule has 0 fully saturated rings. The highest BCUT2D eigenvalue weighted by Crippen LogP contribution is 2.28. The normalized spacial score (nSPS) is 20.1. The zero-order valence-corrected chi connectivity index (χ0v) is 27.4. The molecule has 3 aromatic rings. The van der Waals surface area contributed by atoms with Crippen LogP contribution in [0.25, 0.3) is 0 Å². The van der Waals surface area contributed by atoms with Crippen LogP contribution < -0.4 is 10.1 Å². The van der Waals surface area contributed by atoms with E-state index in [1.54, 1.807) is 54.1 Å². The molecule has 2 N–H and O–H groups in total. The standard InChI is InChI=1S/C37H47N3O6/c1-26-23-40(27(2)25-41)37(44)32-22-31(38-35(42)21-29-14-7-5-8-15-29)18-19-33(32)46-28(3)13-11-12-20-45-34(26)24-39(4)36(43)30-16-9-6-10-17-30/h5-10,14-19,22,26-28,34,41H,11-13,20-21,23-25H2,1-4H3,(H,38,42)/t26-,27+,28-,34-/m0/s1. The molecule has 9 heteroatoms. The van der Waals surface area contributed by atoms with Crippen LogP contribution in [0, 0.1) is 5.92 Å². The van der Waals surface area contributed by atoms with E-state index in [4.69, 9.17) is 9.47 Å². The van der Waals surface area contributed by atoms with Crippen LogP contribution in [0.1, 0.15) is 66.3 Å². The van der Waals surface area contributed by atoms with Gasteiger partial charge < -0.3 is 29.7 Å². The Hall–Kier alpha value is -4.21. The molecule has 0 spiro atoms. The van der Waals surface area contributed by atoms with Crippen LogP contribution >= 0.6 is 0 Å². The molecule has 9 nitrogen and oxygen atoms in total. The molecular weight excluding hydrogens is 582 g/mol. The highest BCUT2D eigenvalue weighted by molar-refractivity contribution is 6.00. The Labute approximate surface area is 272 Å². The Morgan fingerprint density at radius 1 is 1.02 bits per heavy atom. The molecule has 0 aliphatic carbocycles. The van der Waals surface area contributed by atoms with Gasteiger partial charge in [-0.25, -0.2) is 0 Å². The molecule has 0 saturated heterocycles. The lowest BCUT2D eigenvalue weighted by molar-refractivity contribution is -0.115. The van der Waals surface area contributed by atoms with Crippen LogP contribution in [-0.4, -0.2) is 84.2 Å². The fraction of sp³-hybridized carbons (Fsp3) is 0.432. The van der Waals surface area contributed by atoms with Crippen molar-refractivity contribution >= 4 is 23.4 Å². The van der Waals surface area contributed by atoms with Crippen LogP contribution in [0.4, 0.5) is 5.69 Å². The number of nitrogens with one attached hydrogen (secondary N) is 1. The van der Waals surface area contributed by atoms with E-state index in [1.807, 2.05) is 62.4 Å². The van der Waals surface area contributed by atoms with Crippen molar-refractivity contribution in [3.8, 4) is 5.75 Å². The predicted molar refractivity (Wildman–Crippen MR) is 179 cm³/mol. The number of rotatable bonds is 8. The van der Waals surface area contributed by atoms with Crippen molar-refractivity contribution in [1.29, 1.82) is 0 Å². The van der Waals surface area contributed by atoms with Crippen LogP contribution in [0.2, 0.25) is 0 Å². The second-order valence-corrected chi connectivity index (χ2v) is 12.3. The summed E-state index contributed by atoms with van der Waals surface area (Å²) in [5.74, 6) is -0.367. The number of likely N-dealkylation sites (N-methyl/N-ethyl adjacent to an activating group) is 1. The Morgan fingerprint density at radius 2 is 1.72 bits per heavy atom. The summed E-state index contributed by atoms with van der Waals surface area (Å²) in [4.78, 5) is 43.7. The lowest BCUT2D eigenvalue weighted by Gasteiger charge is -2.36. The molecule has 0 unspecified atom stereocenters. The summed E-state index contributed by atoms with van der Waals surface area (Å²) < 4.78 is 12.7. The molecule has 246 valence electrons. The summed E-state index contributed by atoms with van der Waals surface area (Å²) in [6, 6.07) is 23.2. The van der Waals surface area contributed by atoms with Crippen molar-refractivity contribution in [3.05, 3.63) is 95.6 Å². The zero-order chi connectivity index (χ0) is 33.1. The second kappa shape index (κ2) is 16.9. The number of fused-ring (bicyclic) bond motifs is 1. The molecule has 0 bridgehead atoms. The molecule has 1 heterocycles. The minimum atomic E-state index is -0.506. The van der Waals surface area contributed by atoms with E-state index >= 15 is 0 Å². The number of carbonyl (C=O) groups is 3. The highest BCUT2D eigenvalue weighted by atomic mass is 16.5. The van der Waals surface area contributed by atoms with Gasteiger partial charge in [0.2, 0.25) is 5.91 Å². The number of hydrogen-bond donors (Lipinski definition) is 2. The van der Waals surface area contributed by atoms with E-state index in [2.05, 4.69) is 5.32 Å². The molecule has 1 aliphatic rings. The SMILES string of the molecule is C[C@H](CO)N1C[C@H](C)[C@H](CN(C)C(=O)c2ccccc2)OCCCC[C@H](C)Oc2ccc(NC(=O)Cc3ccccc3)cc2C1=O. The Bertz CT molecular complexity index is 1430. The maximum atomic E-state index is 14.3. The quantitative estimate of drug-likeness (QED) is 0.344. The van der Waals surface area contributed by atoms with Gasteiger partial charge in [-0.2, -0.15) is 0 Å². The van der Waals surface area contributed by atoms with Gasteiger partial charge in [-0.3, -0.25) is 14.4 Å². The summed E-state index contributed by atoms with van der Waals surface area (Å²) in [5, 5.41) is 13.1. The zero-order valence-electron chi connectivity index (χ0n) is 27.4. The molecule has 3 amide bonds. The monoisotopic (exact) mass is 629 g/mol. The second-order valence-electron chi connectivity index (χ2n) is 12.3. The third-order valence-corrected chi connectivity index (χ3v) is 8.36. The van der Waals surface area contributed by atoms with Gasteiger partial charge in [-0.05, 0) is 69.0 Å². The number of aliphatic hydroxyl groups is 1. The fourth-order valence-corrected chi connectivity index (χ4v) is 5.60. The van der Waals surface area contributed by atoms with Crippen molar-refractivity contribution in [2.75, 3.05) is 38.7 Å². The van der Waals surface area contributed by atoms with Gasteiger partial charge in [0.25, 0.3) is 11.8 Å². The topological polar surface area (TPSA) is 108 Å². The van der Waals surface area contributed by atoms with Crippen molar-refractivity contribution in [1.82, 2.24) is 9.80 Å². The lowest BCUT2D eigenvalue weighted by Crippen LogP contribution is -2.48. The summed E-state index contributed by atoms with van der Waals surface area (Å²) in [5.41, 5.74) is 2.28. The van der Waals surface area contributed by atoms with E-state index in [1.165, 1.54) is 0 Å². The Balaban J connectivity index is 1.60. The molecule has 3 aromatic carbocycles. The number of amides is 3. The van der Waals surface area contributed by atoms with E-state index < -0.39 is 6.04 Å². The fourth-order valence-electron chi connectivity index (χ4n) is 5.60. The van der Waals surface area contributed by atoms with Crippen molar-refractivity contribution in [2.45, 2.75) is 64.7 Å². The molecular formula is C37H47N3O6. The van der Waals surface area contributed by atoms with Gasteiger partial charge in [0.05, 0.1) is 36.8 Å². The summed E-state index contributed by atoms with van der Waals surface area (Å²) in [6.07, 6.45) is 2.14. The smallest absolute Gasteiger partial charge is 0.258 e. The predicted octanol–water partition coefficient (Wildman–Crippen LogP) is 5.44. The van der Waals surface area contributed by atoms with E-state index in [-0.39, 0.29) is 55.4 Å². The van der Waals surface area contributed by atoms with Gasteiger partial charge in [-0.1, -0.05) is 55.5 Å². The number of aliphatic hydroxyl groups excluding tert-OH is 1. The third kappa shape index (κ3) is 9.64. The van der Waals surface area contributed by atoms with Crippen LogP contribution in [0.3, 0.4) is 0 Å². The van der Waals surface area contributed by atoms with Gasteiger partial charge in [0.1, 0.15) is 5.75 Å². The van der Waals surface area contributed by atoms with Crippen molar-refractivity contribution in [2.24, 2.45) is 5.92 Å².